The molecule has 5 rings (SSSR count). The molecule has 182 valence electrons. The van der Waals surface area contributed by atoms with Crippen molar-refractivity contribution in [2.24, 2.45) is 0 Å². The van der Waals surface area contributed by atoms with Crippen molar-refractivity contribution in [2.45, 2.75) is 0 Å². The van der Waals surface area contributed by atoms with Crippen molar-refractivity contribution < 1.29 is 28.6 Å². The van der Waals surface area contributed by atoms with E-state index in [-0.39, 0.29) is 35.2 Å². The molecular formula is C31H22O6. The van der Waals surface area contributed by atoms with Crippen LogP contribution in [0.5, 0.6) is 17.2 Å². The number of fused-ring (bicyclic) bond motifs is 1. The highest BCUT2D eigenvalue weighted by Gasteiger charge is 2.32. The molecular weight excluding hydrogens is 468 g/mol. The lowest BCUT2D eigenvalue weighted by molar-refractivity contribution is -0.136. The van der Waals surface area contributed by atoms with E-state index in [1.807, 2.05) is 42.5 Å². The molecule has 0 saturated carbocycles. The first-order valence-corrected chi connectivity index (χ1v) is 11.6. The molecule has 0 saturated heterocycles. The Morgan fingerprint density at radius 1 is 0.730 bits per heavy atom. The van der Waals surface area contributed by atoms with Gasteiger partial charge < -0.3 is 14.2 Å². The Hall–Kier alpha value is -4.97. The van der Waals surface area contributed by atoms with E-state index in [9.17, 15) is 14.4 Å². The Labute approximate surface area is 213 Å². The van der Waals surface area contributed by atoms with Gasteiger partial charge in [0.25, 0.3) is 0 Å². The smallest absolute Gasteiger partial charge is 0.349 e. The van der Waals surface area contributed by atoms with E-state index in [1.165, 1.54) is 13.2 Å². The van der Waals surface area contributed by atoms with Gasteiger partial charge in [-0.1, -0.05) is 72.8 Å². The fourth-order valence-corrected chi connectivity index (χ4v) is 4.10. The van der Waals surface area contributed by atoms with Gasteiger partial charge in [0.05, 0.1) is 12.7 Å². The minimum atomic E-state index is -0.604. The van der Waals surface area contributed by atoms with E-state index in [1.54, 1.807) is 54.6 Å². The normalized spacial score (nSPS) is 12.2. The van der Waals surface area contributed by atoms with Crippen LogP contribution in [0.3, 0.4) is 0 Å². The van der Waals surface area contributed by atoms with Crippen molar-refractivity contribution in [1.82, 2.24) is 0 Å². The molecule has 1 aliphatic carbocycles. The number of esters is 1. The van der Waals surface area contributed by atoms with Gasteiger partial charge >= 0.3 is 5.97 Å². The van der Waals surface area contributed by atoms with Crippen molar-refractivity contribution in [3.63, 3.8) is 0 Å². The summed E-state index contributed by atoms with van der Waals surface area (Å²) >= 11 is 0. The fourth-order valence-electron chi connectivity index (χ4n) is 4.10. The average Bonchev–Trinajstić information content (AvgIpc) is 3.18. The van der Waals surface area contributed by atoms with Gasteiger partial charge in [-0.15, -0.1) is 0 Å². The Morgan fingerprint density at radius 2 is 1.35 bits per heavy atom. The molecule has 0 bridgehead atoms. The number of carbonyl (C=O) groups excluding carboxylic acids is 3. The average molecular weight is 491 g/mol. The number of ether oxygens (including phenoxy) is 3. The van der Waals surface area contributed by atoms with Crippen LogP contribution in [-0.2, 0) is 4.79 Å². The maximum Gasteiger partial charge on any atom is 0.349 e. The predicted octanol–water partition coefficient (Wildman–Crippen LogP) is 5.81. The molecule has 0 aliphatic heterocycles. The quantitative estimate of drug-likeness (QED) is 0.141. The first-order chi connectivity index (χ1) is 18.0. The third kappa shape index (κ3) is 5.04. The number of allylic oxidation sites excluding steroid dienone is 1. The van der Waals surface area contributed by atoms with E-state index in [0.717, 1.165) is 11.1 Å². The zero-order chi connectivity index (χ0) is 25.8. The van der Waals surface area contributed by atoms with E-state index in [2.05, 4.69) is 0 Å². The Morgan fingerprint density at radius 3 is 2.00 bits per heavy atom. The molecule has 4 aromatic carbocycles. The summed E-state index contributed by atoms with van der Waals surface area (Å²) in [5.41, 5.74) is 3.57. The number of hydrogen-bond acceptors (Lipinski definition) is 6. The molecule has 0 amide bonds. The summed E-state index contributed by atoms with van der Waals surface area (Å²) in [7, 11) is 1.44. The van der Waals surface area contributed by atoms with Gasteiger partial charge in [0, 0.05) is 11.1 Å². The van der Waals surface area contributed by atoms with Crippen LogP contribution >= 0.6 is 0 Å². The highest BCUT2D eigenvalue weighted by molar-refractivity contribution is 6.41. The highest BCUT2D eigenvalue weighted by atomic mass is 16.6. The fraction of sp³-hybridized carbons (Fsp3) is 0.0645. The maximum atomic E-state index is 12.7. The summed E-state index contributed by atoms with van der Waals surface area (Å²) in [6, 6.07) is 28.9. The number of ketones is 2. The molecule has 0 fully saturated rings. The van der Waals surface area contributed by atoms with E-state index < -0.39 is 5.97 Å². The molecule has 0 N–H and O–H groups in total. The summed E-state index contributed by atoms with van der Waals surface area (Å²) in [6.07, 6.45) is 1.51. The van der Waals surface area contributed by atoms with Gasteiger partial charge in [-0.3, -0.25) is 9.59 Å². The summed E-state index contributed by atoms with van der Waals surface area (Å²) < 4.78 is 16.4. The van der Waals surface area contributed by atoms with Crippen molar-refractivity contribution >= 4 is 23.6 Å². The van der Waals surface area contributed by atoms with Crippen molar-refractivity contribution in [1.29, 1.82) is 0 Å². The van der Waals surface area contributed by atoms with Crippen LogP contribution in [0, 0.1) is 0 Å². The lowest BCUT2D eigenvalue weighted by Gasteiger charge is -2.11. The van der Waals surface area contributed by atoms with Gasteiger partial charge in [0.1, 0.15) is 5.75 Å². The molecule has 4 aromatic rings. The summed E-state index contributed by atoms with van der Waals surface area (Å²) in [6.45, 7) is -0.291. The zero-order valence-electron chi connectivity index (χ0n) is 20.0. The van der Waals surface area contributed by atoms with E-state index in [0.29, 0.717) is 22.4 Å². The van der Waals surface area contributed by atoms with Crippen LogP contribution in [0.4, 0.5) is 0 Å². The van der Waals surface area contributed by atoms with E-state index >= 15 is 0 Å². The standard InChI is InChI=1S/C31H22O6/c1-35-28-18-20(17-26-30(33)24-9-5-6-10-25(24)31(26)34)11-16-27(28)37-29(32)19-36-23-14-12-22(13-15-23)21-7-3-2-4-8-21/h2-18H,19H2,1H3. The Balaban J connectivity index is 1.24. The summed E-state index contributed by atoms with van der Waals surface area (Å²) in [5, 5.41) is 0. The molecule has 37 heavy (non-hydrogen) atoms. The van der Waals surface area contributed by atoms with E-state index in [4.69, 9.17) is 14.2 Å². The minimum absolute atomic E-state index is 0.0830. The lowest BCUT2D eigenvalue weighted by Crippen LogP contribution is -2.18. The summed E-state index contributed by atoms with van der Waals surface area (Å²) in [5.74, 6) is -0.214. The second kappa shape index (κ2) is 10.3. The van der Waals surface area contributed by atoms with Crippen LogP contribution in [0.2, 0.25) is 0 Å². The predicted molar refractivity (Wildman–Crippen MR) is 139 cm³/mol. The Bertz CT molecular complexity index is 1480. The molecule has 0 unspecified atom stereocenters. The zero-order valence-corrected chi connectivity index (χ0v) is 20.0. The summed E-state index contributed by atoms with van der Waals surface area (Å²) in [4.78, 5) is 37.7. The van der Waals surface area contributed by atoms with Crippen LogP contribution in [0.25, 0.3) is 17.2 Å². The molecule has 0 atom stereocenters. The Kier molecular flexibility index (Phi) is 6.64. The molecule has 6 nitrogen and oxygen atoms in total. The largest absolute Gasteiger partial charge is 0.493 e. The molecule has 0 radical (unpaired) electrons. The second-order valence-corrected chi connectivity index (χ2v) is 8.33. The van der Waals surface area contributed by atoms with Gasteiger partial charge in [0.15, 0.2) is 29.7 Å². The van der Waals surface area contributed by atoms with Gasteiger partial charge in [-0.25, -0.2) is 4.79 Å². The van der Waals surface area contributed by atoms with Crippen molar-refractivity contribution in [2.75, 3.05) is 13.7 Å². The molecule has 0 spiro atoms. The van der Waals surface area contributed by atoms with Crippen molar-refractivity contribution in [3.8, 4) is 28.4 Å². The number of rotatable bonds is 7. The topological polar surface area (TPSA) is 78.9 Å². The second-order valence-electron chi connectivity index (χ2n) is 8.33. The van der Waals surface area contributed by atoms with Crippen LogP contribution in [-0.4, -0.2) is 31.3 Å². The van der Waals surface area contributed by atoms with Crippen LogP contribution < -0.4 is 14.2 Å². The third-order valence-electron chi connectivity index (χ3n) is 5.95. The number of Topliss-reactive ketones (excluding diaryl/α,β-unsaturated/α-hetero) is 2. The number of benzene rings is 4. The lowest BCUT2D eigenvalue weighted by atomic mass is 10.1. The minimum Gasteiger partial charge on any atom is -0.493 e. The molecule has 6 heteroatoms. The highest BCUT2D eigenvalue weighted by Crippen LogP contribution is 2.32. The maximum absolute atomic E-state index is 12.7. The monoisotopic (exact) mass is 490 g/mol. The van der Waals surface area contributed by atoms with Gasteiger partial charge in [-0.2, -0.15) is 0 Å². The number of carbonyl (C=O) groups is 3. The molecule has 0 aromatic heterocycles. The third-order valence-corrected chi connectivity index (χ3v) is 5.95. The first-order valence-electron chi connectivity index (χ1n) is 11.6. The molecule has 0 heterocycles. The van der Waals surface area contributed by atoms with Crippen LogP contribution in [0.15, 0.2) is 103 Å². The van der Waals surface area contributed by atoms with Gasteiger partial charge in [-0.05, 0) is 47.0 Å². The molecule has 1 aliphatic rings. The first kappa shape index (κ1) is 23.8. The number of methoxy groups -OCH3 is 1. The van der Waals surface area contributed by atoms with Crippen LogP contribution in [0.1, 0.15) is 26.3 Å². The van der Waals surface area contributed by atoms with Gasteiger partial charge in [0.2, 0.25) is 0 Å². The van der Waals surface area contributed by atoms with Crippen molar-refractivity contribution in [3.05, 3.63) is 119 Å². The SMILES string of the molecule is COc1cc(C=C2C(=O)c3ccccc3C2=O)ccc1OC(=O)COc1ccc(-c2ccccc2)cc1. The number of hydrogen-bond donors (Lipinski definition) is 0.